The lowest BCUT2D eigenvalue weighted by atomic mass is 10.1. The van der Waals surface area contributed by atoms with Crippen molar-refractivity contribution in [3.05, 3.63) is 35.4 Å². The van der Waals surface area contributed by atoms with Crippen LogP contribution in [0, 0.1) is 0 Å². The van der Waals surface area contributed by atoms with E-state index in [2.05, 4.69) is 24.5 Å². The fraction of sp³-hybridized carbons (Fsp3) is 0.571. The summed E-state index contributed by atoms with van der Waals surface area (Å²) in [6.07, 6.45) is 4.13. The third-order valence-electron chi connectivity index (χ3n) is 5.20. The van der Waals surface area contributed by atoms with Gasteiger partial charge in [-0.1, -0.05) is 12.1 Å². The first-order chi connectivity index (χ1) is 13.5. The SMILES string of the molecule is CCNC(=NCC1(C)CCCS1)NCCCCN1C(=O)c2ccccc2C1=O.I. The molecule has 8 heteroatoms. The zero-order chi connectivity index (χ0) is 20.0. The van der Waals surface area contributed by atoms with Gasteiger partial charge in [0, 0.05) is 24.4 Å². The second-order valence-electron chi connectivity index (χ2n) is 7.54. The molecule has 160 valence electrons. The van der Waals surface area contributed by atoms with Gasteiger partial charge in [0.05, 0.1) is 17.7 Å². The molecule has 2 heterocycles. The van der Waals surface area contributed by atoms with Crippen molar-refractivity contribution in [3.8, 4) is 0 Å². The highest BCUT2D eigenvalue weighted by Gasteiger charge is 2.34. The Kier molecular flexibility index (Phi) is 9.26. The van der Waals surface area contributed by atoms with E-state index in [9.17, 15) is 9.59 Å². The smallest absolute Gasteiger partial charge is 0.261 e. The molecule has 0 radical (unpaired) electrons. The lowest BCUT2D eigenvalue weighted by molar-refractivity contribution is 0.0652. The fourth-order valence-electron chi connectivity index (χ4n) is 3.59. The number of carbonyl (C=O) groups is 2. The summed E-state index contributed by atoms with van der Waals surface area (Å²) in [5.41, 5.74) is 1.04. The number of fused-ring (bicyclic) bond motifs is 1. The first-order valence-electron chi connectivity index (χ1n) is 10.2. The summed E-state index contributed by atoms with van der Waals surface area (Å²) in [7, 11) is 0. The highest BCUT2D eigenvalue weighted by Crippen LogP contribution is 2.37. The third-order valence-corrected chi connectivity index (χ3v) is 6.72. The van der Waals surface area contributed by atoms with Crippen molar-refractivity contribution in [2.45, 2.75) is 44.3 Å². The molecule has 0 bridgehead atoms. The molecule has 0 aromatic heterocycles. The lowest BCUT2D eigenvalue weighted by Gasteiger charge is -2.21. The Labute approximate surface area is 194 Å². The Morgan fingerprint density at radius 3 is 2.45 bits per heavy atom. The quantitative estimate of drug-likeness (QED) is 0.177. The number of hydrogen-bond acceptors (Lipinski definition) is 4. The van der Waals surface area contributed by atoms with Gasteiger partial charge in [-0.15, -0.1) is 24.0 Å². The molecule has 1 unspecified atom stereocenters. The molecular formula is C21H31IN4O2S. The van der Waals surface area contributed by atoms with Gasteiger partial charge in [0.25, 0.3) is 11.8 Å². The Balaban J connectivity index is 0.00000300. The van der Waals surface area contributed by atoms with Crippen LogP contribution >= 0.6 is 35.7 Å². The van der Waals surface area contributed by atoms with Crippen molar-refractivity contribution in [1.82, 2.24) is 15.5 Å². The molecule has 1 aromatic rings. The number of imide groups is 1. The van der Waals surface area contributed by atoms with E-state index in [-0.39, 0.29) is 40.5 Å². The van der Waals surface area contributed by atoms with Gasteiger partial charge in [-0.25, -0.2) is 0 Å². The van der Waals surface area contributed by atoms with Crippen molar-refractivity contribution in [1.29, 1.82) is 0 Å². The van der Waals surface area contributed by atoms with Crippen LogP contribution in [0.2, 0.25) is 0 Å². The number of hydrogen-bond donors (Lipinski definition) is 2. The summed E-state index contributed by atoms with van der Waals surface area (Å²) in [5.74, 6) is 1.72. The maximum atomic E-state index is 12.4. The van der Waals surface area contributed by atoms with Crippen LogP contribution in [0.15, 0.2) is 29.3 Å². The van der Waals surface area contributed by atoms with E-state index in [0.29, 0.717) is 17.7 Å². The van der Waals surface area contributed by atoms with E-state index in [1.807, 2.05) is 11.8 Å². The molecule has 0 saturated carbocycles. The van der Waals surface area contributed by atoms with E-state index < -0.39 is 0 Å². The van der Waals surface area contributed by atoms with E-state index in [1.165, 1.54) is 23.5 Å². The molecule has 29 heavy (non-hydrogen) atoms. The van der Waals surface area contributed by atoms with Gasteiger partial charge in [-0.05, 0) is 57.4 Å². The van der Waals surface area contributed by atoms with Crippen molar-refractivity contribution < 1.29 is 9.59 Å². The summed E-state index contributed by atoms with van der Waals surface area (Å²) >= 11 is 2.01. The van der Waals surface area contributed by atoms with Crippen LogP contribution in [-0.2, 0) is 0 Å². The minimum absolute atomic E-state index is 0. The number of thioether (sulfide) groups is 1. The first kappa shape index (κ1) is 24.0. The minimum atomic E-state index is -0.175. The highest BCUT2D eigenvalue weighted by atomic mass is 127. The summed E-state index contributed by atoms with van der Waals surface area (Å²) in [6.45, 7) is 7.22. The van der Waals surface area contributed by atoms with Crippen molar-refractivity contribution in [2.75, 3.05) is 31.9 Å². The molecule has 2 amide bonds. The van der Waals surface area contributed by atoms with Crippen molar-refractivity contribution in [3.63, 3.8) is 0 Å². The number of nitrogens with zero attached hydrogens (tertiary/aromatic N) is 2. The Hall–Kier alpha value is -1.29. The predicted molar refractivity (Wildman–Crippen MR) is 131 cm³/mol. The van der Waals surface area contributed by atoms with Gasteiger partial charge in [0.2, 0.25) is 0 Å². The summed E-state index contributed by atoms with van der Waals surface area (Å²) < 4.78 is 0.258. The average molecular weight is 530 g/mol. The standard InChI is InChI=1S/C21H30N4O2S.HI/c1-3-22-20(24-15-21(2)11-8-14-28-21)23-12-6-7-13-25-18(26)16-9-4-5-10-17(16)19(25)27;/h4-5,9-10H,3,6-8,11-15H2,1-2H3,(H2,22,23,24);1H. The number of carbonyl (C=O) groups excluding carboxylic acids is 2. The number of halogens is 1. The number of nitrogens with one attached hydrogen (secondary N) is 2. The van der Waals surface area contributed by atoms with Crippen molar-refractivity contribution >= 4 is 53.5 Å². The molecule has 3 rings (SSSR count). The molecule has 0 spiro atoms. The number of guanidine groups is 1. The first-order valence-corrected chi connectivity index (χ1v) is 11.1. The second-order valence-corrected chi connectivity index (χ2v) is 9.22. The van der Waals surface area contributed by atoms with Crippen LogP contribution in [0.3, 0.4) is 0 Å². The predicted octanol–water partition coefficient (Wildman–Crippen LogP) is 3.52. The van der Waals surface area contributed by atoms with E-state index in [0.717, 1.165) is 38.4 Å². The number of unbranched alkanes of at least 4 members (excludes halogenated alkanes) is 1. The largest absolute Gasteiger partial charge is 0.357 e. The van der Waals surface area contributed by atoms with Gasteiger partial charge < -0.3 is 10.6 Å². The summed E-state index contributed by atoms with van der Waals surface area (Å²) in [6, 6.07) is 7.03. The molecule has 1 aromatic carbocycles. The molecule has 2 aliphatic rings. The molecule has 1 fully saturated rings. The normalized spacial score (nSPS) is 21.2. The van der Waals surface area contributed by atoms with Crippen LogP contribution in [0.25, 0.3) is 0 Å². The maximum absolute atomic E-state index is 12.4. The van der Waals surface area contributed by atoms with Crippen LogP contribution < -0.4 is 10.6 Å². The molecule has 1 saturated heterocycles. The lowest BCUT2D eigenvalue weighted by Crippen LogP contribution is -2.39. The molecule has 1 atom stereocenters. The number of rotatable bonds is 8. The molecule has 6 nitrogen and oxygen atoms in total. The maximum Gasteiger partial charge on any atom is 0.261 e. The van der Waals surface area contributed by atoms with E-state index in [4.69, 9.17) is 4.99 Å². The number of aliphatic imine (C=N–C) groups is 1. The minimum Gasteiger partial charge on any atom is -0.357 e. The Bertz CT molecular complexity index is 715. The van der Waals surface area contributed by atoms with Gasteiger partial charge in [0.15, 0.2) is 5.96 Å². The van der Waals surface area contributed by atoms with Gasteiger partial charge in [-0.3, -0.25) is 19.5 Å². The molecular weight excluding hydrogens is 499 g/mol. The zero-order valence-electron chi connectivity index (χ0n) is 17.2. The van der Waals surface area contributed by atoms with Crippen LogP contribution in [0.4, 0.5) is 0 Å². The molecule has 0 aliphatic carbocycles. The van der Waals surface area contributed by atoms with Crippen LogP contribution in [0.5, 0.6) is 0 Å². The van der Waals surface area contributed by atoms with E-state index >= 15 is 0 Å². The fourth-order valence-corrected chi connectivity index (χ4v) is 4.82. The van der Waals surface area contributed by atoms with Gasteiger partial charge in [-0.2, -0.15) is 11.8 Å². The third kappa shape index (κ3) is 6.10. The Morgan fingerprint density at radius 1 is 1.17 bits per heavy atom. The van der Waals surface area contributed by atoms with Crippen molar-refractivity contribution in [2.24, 2.45) is 4.99 Å². The number of benzene rings is 1. The molecule has 2 aliphatic heterocycles. The molecule has 2 N–H and O–H groups in total. The summed E-state index contributed by atoms with van der Waals surface area (Å²) in [4.78, 5) is 30.8. The Morgan fingerprint density at radius 2 is 1.86 bits per heavy atom. The monoisotopic (exact) mass is 530 g/mol. The van der Waals surface area contributed by atoms with E-state index in [1.54, 1.807) is 24.3 Å². The van der Waals surface area contributed by atoms with Gasteiger partial charge >= 0.3 is 0 Å². The van der Waals surface area contributed by atoms with Crippen LogP contribution in [-0.4, -0.2) is 59.4 Å². The average Bonchev–Trinajstić information content (AvgIpc) is 3.23. The summed E-state index contributed by atoms with van der Waals surface area (Å²) in [5, 5.41) is 6.66. The topological polar surface area (TPSA) is 73.8 Å². The zero-order valence-corrected chi connectivity index (χ0v) is 20.3. The number of amides is 2. The highest BCUT2D eigenvalue weighted by molar-refractivity contribution is 14.0. The van der Waals surface area contributed by atoms with Gasteiger partial charge in [0.1, 0.15) is 0 Å². The van der Waals surface area contributed by atoms with Crippen LogP contribution in [0.1, 0.15) is 60.2 Å². The second kappa shape index (κ2) is 11.2.